The van der Waals surface area contributed by atoms with Gasteiger partial charge < -0.3 is 14.7 Å². The second-order valence-corrected chi connectivity index (χ2v) is 7.88. The molecule has 0 fully saturated rings. The largest absolute Gasteiger partial charge is 0.511 e. The number of carbonyl (C=O) groups excluding carboxylic acids is 1. The van der Waals surface area contributed by atoms with Crippen molar-refractivity contribution in [2.24, 2.45) is 10.6 Å². The summed E-state index contributed by atoms with van der Waals surface area (Å²) in [7, 11) is 0. The molecule has 0 unspecified atom stereocenters. The van der Waals surface area contributed by atoms with Crippen LogP contribution in [-0.2, 0) is 21.0 Å². The van der Waals surface area contributed by atoms with E-state index in [-0.39, 0.29) is 17.9 Å². The van der Waals surface area contributed by atoms with E-state index in [4.69, 9.17) is 21.2 Å². The van der Waals surface area contributed by atoms with Crippen LogP contribution < -0.4 is 0 Å². The van der Waals surface area contributed by atoms with Crippen molar-refractivity contribution in [1.82, 2.24) is 0 Å². The molecule has 1 aromatic carbocycles. The van der Waals surface area contributed by atoms with E-state index in [2.05, 4.69) is 5.16 Å². The average molecular weight is 380 g/mol. The monoisotopic (exact) mass is 379 g/mol. The summed E-state index contributed by atoms with van der Waals surface area (Å²) in [4.78, 5) is 17.9. The summed E-state index contributed by atoms with van der Waals surface area (Å²) in [6, 6.07) is 7.27. The number of aliphatic hydroxyl groups is 1. The van der Waals surface area contributed by atoms with Gasteiger partial charge in [0.05, 0.1) is 11.1 Å². The zero-order valence-corrected chi connectivity index (χ0v) is 16.7. The Labute approximate surface area is 159 Å². The molecule has 1 N–H and O–H groups in total. The topological polar surface area (TPSA) is 68.1 Å². The third-order valence-corrected chi connectivity index (χ3v) is 5.19. The first-order chi connectivity index (χ1) is 12.1. The van der Waals surface area contributed by atoms with Gasteiger partial charge in [0.15, 0.2) is 0 Å². The van der Waals surface area contributed by atoms with Gasteiger partial charge in [-0.25, -0.2) is 4.79 Å². The third-order valence-electron chi connectivity index (χ3n) is 4.96. The van der Waals surface area contributed by atoms with Crippen LogP contribution in [0.2, 0.25) is 5.02 Å². The van der Waals surface area contributed by atoms with E-state index < -0.39 is 17.0 Å². The number of cyclic esters (lactones) is 1. The molecule has 0 amide bonds. The molecular weight excluding hydrogens is 354 g/mol. The summed E-state index contributed by atoms with van der Waals surface area (Å²) in [5, 5.41) is 15.5. The molecule has 0 radical (unpaired) electrons. The molecule has 5 nitrogen and oxygen atoms in total. The fraction of sp³-hybridized carbons (Fsp3) is 0.500. The lowest BCUT2D eigenvalue weighted by atomic mass is 9.72. The molecule has 6 heteroatoms. The third kappa shape index (κ3) is 4.04. The van der Waals surface area contributed by atoms with Crippen molar-refractivity contribution in [3.8, 4) is 0 Å². The van der Waals surface area contributed by atoms with Crippen LogP contribution in [-0.4, -0.2) is 22.4 Å². The van der Waals surface area contributed by atoms with Gasteiger partial charge in [-0.3, -0.25) is 0 Å². The Balaban J connectivity index is 2.31. The lowest BCUT2D eigenvalue weighted by Crippen LogP contribution is -2.50. The Morgan fingerprint density at radius 3 is 2.62 bits per heavy atom. The Hall–Kier alpha value is -2.01. The Kier molecular flexibility index (Phi) is 6.02. The summed E-state index contributed by atoms with van der Waals surface area (Å²) in [5.74, 6) is -0.595. The SMILES string of the molecule is CCC/C(=N\OCc1cccc(Cl)c1)C1=C(O)C(C)(C)C(C)(C)OC1=O. The number of esters is 1. The van der Waals surface area contributed by atoms with Gasteiger partial charge in [0.1, 0.15) is 23.5 Å². The van der Waals surface area contributed by atoms with Crippen LogP contribution in [0.15, 0.2) is 40.8 Å². The molecule has 0 aromatic heterocycles. The number of carbonyl (C=O) groups is 1. The number of aliphatic hydroxyl groups excluding tert-OH is 1. The first-order valence-electron chi connectivity index (χ1n) is 8.71. The van der Waals surface area contributed by atoms with E-state index in [0.717, 1.165) is 12.0 Å². The maximum atomic E-state index is 12.5. The standard InChI is InChI=1S/C20H26ClNO4/c1-6-8-15(22-25-12-13-9-7-10-14(21)11-13)16-17(23)19(2,3)20(4,5)26-18(16)24/h7,9-11,23H,6,8,12H2,1-5H3/b22-15+. The van der Waals surface area contributed by atoms with Crippen LogP contribution in [0.1, 0.15) is 53.0 Å². The van der Waals surface area contributed by atoms with Gasteiger partial charge in [-0.15, -0.1) is 0 Å². The number of halogens is 1. The van der Waals surface area contributed by atoms with Crippen LogP contribution in [0.25, 0.3) is 0 Å². The zero-order valence-electron chi connectivity index (χ0n) is 15.9. The fourth-order valence-electron chi connectivity index (χ4n) is 2.62. The van der Waals surface area contributed by atoms with Crippen LogP contribution in [0.3, 0.4) is 0 Å². The van der Waals surface area contributed by atoms with Crippen molar-refractivity contribution in [3.05, 3.63) is 46.2 Å². The molecule has 1 aliphatic rings. The number of rotatable bonds is 6. The van der Waals surface area contributed by atoms with Crippen molar-refractivity contribution < 1.29 is 19.5 Å². The van der Waals surface area contributed by atoms with Crippen LogP contribution in [0, 0.1) is 5.41 Å². The molecule has 0 atom stereocenters. The smallest absolute Gasteiger partial charge is 0.344 e. The molecule has 1 aromatic rings. The number of hydrogen-bond acceptors (Lipinski definition) is 5. The molecule has 1 aliphatic heterocycles. The minimum atomic E-state index is -0.823. The van der Waals surface area contributed by atoms with E-state index in [1.54, 1.807) is 26.0 Å². The molecule has 0 saturated heterocycles. The van der Waals surface area contributed by atoms with Gasteiger partial charge in [0.25, 0.3) is 0 Å². The van der Waals surface area contributed by atoms with Gasteiger partial charge in [-0.05, 0) is 51.8 Å². The highest BCUT2D eigenvalue weighted by Crippen LogP contribution is 2.45. The quantitative estimate of drug-likeness (QED) is 0.419. The van der Waals surface area contributed by atoms with Crippen LogP contribution in [0.5, 0.6) is 0 Å². The van der Waals surface area contributed by atoms with Crippen molar-refractivity contribution >= 4 is 23.3 Å². The number of ether oxygens (including phenoxy) is 1. The Bertz CT molecular complexity index is 750. The van der Waals surface area contributed by atoms with Crippen LogP contribution >= 0.6 is 11.6 Å². The Morgan fingerprint density at radius 2 is 2.00 bits per heavy atom. The highest BCUT2D eigenvalue weighted by atomic mass is 35.5. The number of nitrogens with zero attached hydrogens (tertiary/aromatic N) is 1. The molecule has 0 saturated carbocycles. The molecule has 0 aliphatic carbocycles. The molecule has 0 bridgehead atoms. The predicted octanol–water partition coefficient (Wildman–Crippen LogP) is 5.19. The zero-order chi connectivity index (χ0) is 19.5. The predicted molar refractivity (Wildman–Crippen MR) is 102 cm³/mol. The number of oxime groups is 1. The van der Waals surface area contributed by atoms with E-state index in [0.29, 0.717) is 17.2 Å². The van der Waals surface area contributed by atoms with Crippen molar-refractivity contribution in [3.63, 3.8) is 0 Å². The highest BCUT2D eigenvalue weighted by molar-refractivity contribution is 6.30. The second-order valence-electron chi connectivity index (χ2n) is 7.44. The van der Waals surface area contributed by atoms with E-state index in [1.165, 1.54) is 0 Å². The lowest BCUT2D eigenvalue weighted by molar-refractivity contribution is -0.167. The van der Waals surface area contributed by atoms with E-state index in [9.17, 15) is 9.90 Å². The molecular formula is C20H26ClNO4. The Morgan fingerprint density at radius 1 is 1.31 bits per heavy atom. The van der Waals surface area contributed by atoms with E-state index >= 15 is 0 Å². The number of hydrogen-bond donors (Lipinski definition) is 1. The van der Waals surface area contributed by atoms with Crippen molar-refractivity contribution in [2.75, 3.05) is 0 Å². The molecule has 142 valence electrons. The molecule has 1 heterocycles. The minimum absolute atomic E-state index is 0.0164. The van der Waals surface area contributed by atoms with Gasteiger partial charge >= 0.3 is 5.97 Å². The first-order valence-corrected chi connectivity index (χ1v) is 9.08. The normalized spacial score (nSPS) is 19.3. The summed E-state index contributed by atoms with van der Waals surface area (Å²) in [6.45, 7) is 9.42. The fourth-order valence-corrected chi connectivity index (χ4v) is 2.84. The summed E-state index contributed by atoms with van der Waals surface area (Å²) in [5.41, 5.74) is -0.209. The van der Waals surface area contributed by atoms with E-state index in [1.807, 2.05) is 32.9 Å². The average Bonchev–Trinajstić information content (AvgIpc) is 2.53. The minimum Gasteiger partial charge on any atom is -0.511 e. The molecule has 2 rings (SSSR count). The van der Waals surface area contributed by atoms with Crippen molar-refractivity contribution in [2.45, 2.75) is 59.7 Å². The lowest BCUT2D eigenvalue weighted by Gasteiger charge is -2.44. The van der Waals surface area contributed by atoms with Gasteiger partial charge in [-0.2, -0.15) is 0 Å². The van der Waals surface area contributed by atoms with Gasteiger partial charge in [-0.1, -0.05) is 42.2 Å². The first kappa shape index (κ1) is 20.3. The molecule has 0 spiro atoms. The molecule has 26 heavy (non-hydrogen) atoms. The van der Waals surface area contributed by atoms with Crippen LogP contribution in [0.4, 0.5) is 0 Å². The summed E-state index contributed by atoms with van der Waals surface area (Å²) < 4.78 is 5.57. The maximum Gasteiger partial charge on any atom is 0.344 e. The summed E-state index contributed by atoms with van der Waals surface area (Å²) in [6.07, 6.45) is 1.23. The van der Waals surface area contributed by atoms with Crippen molar-refractivity contribution in [1.29, 1.82) is 0 Å². The van der Waals surface area contributed by atoms with Gasteiger partial charge in [0, 0.05) is 5.02 Å². The van der Waals surface area contributed by atoms with Gasteiger partial charge in [0.2, 0.25) is 0 Å². The maximum absolute atomic E-state index is 12.5. The number of benzene rings is 1. The highest BCUT2D eigenvalue weighted by Gasteiger charge is 2.51. The summed E-state index contributed by atoms with van der Waals surface area (Å²) >= 11 is 5.96. The second kappa shape index (κ2) is 7.70.